The number of hydrogen-bond donors (Lipinski definition) is 2. The van der Waals surface area contributed by atoms with Gasteiger partial charge in [0.15, 0.2) is 11.5 Å². The van der Waals surface area contributed by atoms with E-state index in [1.807, 2.05) is 30.3 Å². The Hall–Kier alpha value is -5.11. The molecule has 1 aliphatic carbocycles. The van der Waals surface area contributed by atoms with E-state index in [1.54, 1.807) is 0 Å². The molecule has 4 aromatic carbocycles. The van der Waals surface area contributed by atoms with Crippen LogP contribution in [0.4, 0.5) is 0 Å². The van der Waals surface area contributed by atoms with Crippen molar-refractivity contribution in [3.8, 4) is 17.2 Å². The maximum atomic E-state index is 14.2. The highest BCUT2D eigenvalue weighted by Crippen LogP contribution is 2.39. The van der Waals surface area contributed by atoms with E-state index in [0.717, 1.165) is 50.5 Å². The molecule has 0 bridgehead atoms. The molecule has 51 heavy (non-hydrogen) atoms. The van der Waals surface area contributed by atoms with E-state index < -0.39 is 23.7 Å². The van der Waals surface area contributed by atoms with Gasteiger partial charge in [-0.05, 0) is 92.5 Å². The summed E-state index contributed by atoms with van der Waals surface area (Å²) in [6.07, 6.45) is 7.54. The maximum absolute atomic E-state index is 14.2. The molecule has 0 spiro atoms. The molecule has 0 heterocycles. The first-order valence-corrected chi connectivity index (χ1v) is 18.0. The van der Waals surface area contributed by atoms with Crippen LogP contribution in [-0.2, 0) is 28.9 Å². The van der Waals surface area contributed by atoms with Gasteiger partial charge in [-0.25, -0.2) is 0 Å². The zero-order chi connectivity index (χ0) is 36.0. The van der Waals surface area contributed by atoms with Gasteiger partial charge < -0.3 is 24.8 Å². The van der Waals surface area contributed by atoms with Crippen LogP contribution in [0.15, 0.2) is 103 Å². The fourth-order valence-electron chi connectivity index (χ4n) is 7.29. The molecule has 0 radical (unpaired) electrons. The zero-order valence-electron chi connectivity index (χ0n) is 29.9. The average molecular weight is 691 g/mol. The molecule has 8 heteroatoms. The predicted molar refractivity (Wildman–Crippen MR) is 199 cm³/mol. The first-order valence-electron chi connectivity index (χ1n) is 18.0. The third-order valence-electron chi connectivity index (χ3n) is 9.97. The first-order chi connectivity index (χ1) is 24.9. The highest BCUT2D eigenvalue weighted by molar-refractivity contribution is 6.43. The van der Waals surface area contributed by atoms with Crippen molar-refractivity contribution in [2.45, 2.75) is 69.9 Å². The van der Waals surface area contributed by atoms with Crippen molar-refractivity contribution >= 4 is 17.6 Å². The highest BCUT2D eigenvalue weighted by Gasteiger charge is 2.42. The normalized spacial score (nSPS) is 16.7. The minimum atomic E-state index is -0.769. The second-order valence-electron chi connectivity index (χ2n) is 13.3. The number of amides is 2. The van der Waals surface area contributed by atoms with E-state index in [2.05, 4.69) is 71.3 Å². The molecule has 0 saturated heterocycles. The molecule has 4 aromatic rings. The molecule has 1 fully saturated rings. The third-order valence-corrected chi connectivity index (χ3v) is 9.97. The molecule has 3 atom stereocenters. The Balaban J connectivity index is 1.32. The maximum Gasteiger partial charge on any atom is 0.292 e. The third kappa shape index (κ3) is 10.2. The molecular weight excluding hydrogens is 640 g/mol. The van der Waals surface area contributed by atoms with E-state index in [0.29, 0.717) is 18.6 Å². The topological polar surface area (TPSA) is 103 Å². The number of nitrogens with one attached hydrogen (secondary N) is 2. The SMILES string of the molecule is COc1cc(C(=O)C(=O)N[C@@H]2C(Cc3ccccc3)CC[C@H]2C(=O)NC(CCCc2ccccc2)CCCc2ccccc2)cc(OC)c1OC. The minimum Gasteiger partial charge on any atom is -0.493 e. The number of hydrogen-bond acceptors (Lipinski definition) is 6. The van der Waals surface area contributed by atoms with Crippen molar-refractivity contribution in [1.82, 2.24) is 10.6 Å². The van der Waals surface area contributed by atoms with Gasteiger partial charge in [0.2, 0.25) is 17.4 Å². The standard InChI is InChI=1S/C43H50N2O6/c1-49-37-28-34(29-38(50-2)41(37)51-3)40(46)43(48)45-39-33(27-32-19-11-6-12-20-32)25-26-36(39)42(47)44-35(23-13-21-30-15-7-4-8-16-30)24-14-22-31-17-9-5-10-18-31/h4-12,15-20,28-29,33,35-36,39H,13-14,21-27H2,1-3H3,(H,44,47)(H,45,48)/t33?,36-,39-/m1/s1. The average Bonchev–Trinajstić information content (AvgIpc) is 3.56. The summed E-state index contributed by atoms with van der Waals surface area (Å²) in [5.41, 5.74) is 3.80. The van der Waals surface area contributed by atoms with Crippen LogP contribution >= 0.6 is 0 Å². The predicted octanol–water partition coefficient (Wildman–Crippen LogP) is 7.18. The zero-order valence-corrected chi connectivity index (χ0v) is 29.9. The monoisotopic (exact) mass is 690 g/mol. The Morgan fingerprint density at radius 3 is 1.69 bits per heavy atom. The van der Waals surface area contributed by atoms with Crippen molar-refractivity contribution in [1.29, 1.82) is 0 Å². The van der Waals surface area contributed by atoms with Gasteiger partial charge in [-0.1, -0.05) is 91.0 Å². The number of benzene rings is 4. The van der Waals surface area contributed by atoms with E-state index >= 15 is 0 Å². The summed E-state index contributed by atoms with van der Waals surface area (Å²) in [4.78, 5) is 41.5. The van der Waals surface area contributed by atoms with Gasteiger partial charge in [0.1, 0.15) is 0 Å². The van der Waals surface area contributed by atoms with Crippen LogP contribution in [0.2, 0.25) is 0 Å². The lowest BCUT2D eigenvalue weighted by molar-refractivity contribution is -0.127. The Labute approximate surface area is 301 Å². The van der Waals surface area contributed by atoms with Gasteiger partial charge in [0.05, 0.1) is 27.2 Å². The van der Waals surface area contributed by atoms with Crippen molar-refractivity contribution in [2.24, 2.45) is 11.8 Å². The summed E-state index contributed by atoms with van der Waals surface area (Å²) in [7, 11) is 4.39. The molecule has 268 valence electrons. The fraction of sp³-hybridized carbons (Fsp3) is 0.372. The van der Waals surface area contributed by atoms with Gasteiger partial charge >= 0.3 is 0 Å². The minimum absolute atomic E-state index is 0.00434. The van der Waals surface area contributed by atoms with E-state index in [1.165, 1.54) is 44.6 Å². The van der Waals surface area contributed by atoms with Crippen LogP contribution in [0.5, 0.6) is 17.2 Å². The van der Waals surface area contributed by atoms with Crippen molar-refractivity contribution in [3.63, 3.8) is 0 Å². The van der Waals surface area contributed by atoms with E-state index in [-0.39, 0.29) is 34.9 Å². The number of carbonyl (C=O) groups excluding carboxylic acids is 3. The molecular formula is C43H50N2O6. The van der Waals surface area contributed by atoms with Crippen LogP contribution in [0.3, 0.4) is 0 Å². The summed E-state index contributed by atoms with van der Waals surface area (Å²) >= 11 is 0. The largest absolute Gasteiger partial charge is 0.493 e. The molecule has 5 rings (SSSR count). The number of ether oxygens (including phenoxy) is 3. The number of rotatable bonds is 18. The van der Waals surface area contributed by atoms with Gasteiger partial charge in [-0.15, -0.1) is 0 Å². The van der Waals surface area contributed by atoms with Crippen molar-refractivity contribution in [2.75, 3.05) is 21.3 Å². The van der Waals surface area contributed by atoms with Crippen LogP contribution in [0, 0.1) is 11.8 Å². The van der Waals surface area contributed by atoms with Gasteiger partial charge in [-0.2, -0.15) is 0 Å². The van der Waals surface area contributed by atoms with Gasteiger partial charge in [0, 0.05) is 17.6 Å². The Bertz CT molecular complexity index is 1640. The van der Waals surface area contributed by atoms with E-state index in [4.69, 9.17) is 14.2 Å². The summed E-state index contributed by atoms with van der Waals surface area (Å²) in [6, 6.07) is 33.3. The first kappa shape index (κ1) is 37.2. The quantitative estimate of drug-likeness (QED) is 0.0848. The number of aryl methyl sites for hydroxylation is 2. The second-order valence-corrected chi connectivity index (χ2v) is 13.3. The molecule has 1 unspecified atom stereocenters. The molecule has 2 N–H and O–H groups in total. The molecule has 2 amide bonds. The molecule has 1 aliphatic rings. The number of ketones is 1. The number of carbonyl (C=O) groups is 3. The summed E-state index contributed by atoms with van der Waals surface area (Å²) in [5.74, 6) is -1.18. The Kier molecular flexibility index (Phi) is 13.7. The lowest BCUT2D eigenvalue weighted by Gasteiger charge is -2.28. The Morgan fingerprint density at radius 1 is 0.686 bits per heavy atom. The lowest BCUT2D eigenvalue weighted by atomic mass is 9.90. The van der Waals surface area contributed by atoms with Crippen LogP contribution in [-0.4, -0.2) is 51.0 Å². The van der Waals surface area contributed by atoms with Crippen LogP contribution in [0.1, 0.15) is 65.6 Å². The molecule has 8 nitrogen and oxygen atoms in total. The summed E-state index contributed by atoms with van der Waals surface area (Å²) in [5, 5.41) is 6.42. The summed E-state index contributed by atoms with van der Waals surface area (Å²) in [6.45, 7) is 0. The Morgan fingerprint density at radius 2 is 1.20 bits per heavy atom. The van der Waals surface area contributed by atoms with Gasteiger partial charge in [0.25, 0.3) is 5.91 Å². The van der Waals surface area contributed by atoms with Crippen molar-refractivity contribution < 1.29 is 28.6 Å². The van der Waals surface area contributed by atoms with Crippen molar-refractivity contribution in [3.05, 3.63) is 125 Å². The number of Topliss-reactive ketones (excluding diaryl/α,β-unsaturated/α-hetero) is 1. The fourth-order valence-corrected chi connectivity index (χ4v) is 7.29. The van der Waals surface area contributed by atoms with Crippen LogP contribution in [0.25, 0.3) is 0 Å². The smallest absolute Gasteiger partial charge is 0.292 e. The number of methoxy groups -OCH3 is 3. The molecule has 0 aromatic heterocycles. The van der Waals surface area contributed by atoms with Gasteiger partial charge in [-0.3, -0.25) is 14.4 Å². The molecule has 0 aliphatic heterocycles. The lowest BCUT2D eigenvalue weighted by Crippen LogP contribution is -2.50. The highest BCUT2D eigenvalue weighted by atomic mass is 16.5. The molecule has 1 saturated carbocycles. The second kappa shape index (κ2) is 18.8. The van der Waals surface area contributed by atoms with Crippen LogP contribution < -0.4 is 24.8 Å². The van der Waals surface area contributed by atoms with E-state index in [9.17, 15) is 14.4 Å². The summed E-state index contributed by atoms with van der Waals surface area (Å²) < 4.78 is 16.2.